The Morgan fingerprint density at radius 2 is 0.955 bits per heavy atom. The number of carboxylic acids is 3. The Morgan fingerprint density at radius 3 is 1.05 bits per heavy atom. The molecule has 1 aromatic rings. The SMILES string of the molecule is CCN(CC)CC.O=C(O)c1cc(C(=O)O)cc(C(=O)O)c1. The minimum atomic E-state index is -1.37. The predicted molar refractivity (Wildman–Crippen MR) is 80.8 cm³/mol. The predicted octanol–water partition coefficient (Wildman–Crippen LogP) is 2.13. The Kier molecular flexibility index (Phi) is 8.47. The highest BCUT2D eigenvalue weighted by Crippen LogP contribution is 2.11. The van der Waals surface area contributed by atoms with Crippen LogP contribution in [0.4, 0.5) is 0 Å². The van der Waals surface area contributed by atoms with Crippen molar-refractivity contribution in [3.63, 3.8) is 0 Å². The summed E-state index contributed by atoms with van der Waals surface area (Å²) in [6, 6.07) is 2.70. The van der Waals surface area contributed by atoms with Gasteiger partial charge in [-0.25, -0.2) is 14.4 Å². The van der Waals surface area contributed by atoms with Gasteiger partial charge in [0.25, 0.3) is 0 Å². The topological polar surface area (TPSA) is 115 Å². The first-order valence-corrected chi connectivity index (χ1v) is 6.84. The van der Waals surface area contributed by atoms with Crippen molar-refractivity contribution in [2.24, 2.45) is 0 Å². The Hall–Kier alpha value is -2.41. The van der Waals surface area contributed by atoms with E-state index in [9.17, 15) is 14.4 Å². The van der Waals surface area contributed by atoms with Gasteiger partial charge in [-0.1, -0.05) is 20.8 Å². The molecule has 0 fully saturated rings. The van der Waals surface area contributed by atoms with Gasteiger partial charge in [-0.3, -0.25) is 0 Å². The minimum absolute atomic E-state index is 0.368. The highest BCUT2D eigenvalue weighted by atomic mass is 16.4. The van der Waals surface area contributed by atoms with Gasteiger partial charge in [0.2, 0.25) is 0 Å². The van der Waals surface area contributed by atoms with Crippen LogP contribution in [0.1, 0.15) is 51.8 Å². The van der Waals surface area contributed by atoms with Crippen LogP contribution in [0, 0.1) is 0 Å². The number of hydrogen-bond donors (Lipinski definition) is 3. The van der Waals surface area contributed by atoms with Gasteiger partial charge in [0.15, 0.2) is 0 Å². The second-order valence-electron chi connectivity index (χ2n) is 4.33. The van der Waals surface area contributed by atoms with Gasteiger partial charge in [0, 0.05) is 0 Å². The molecule has 0 atom stereocenters. The van der Waals surface area contributed by atoms with Crippen molar-refractivity contribution in [2.75, 3.05) is 19.6 Å². The molecule has 0 aliphatic rings. The fourth-order valence-electron chi connectivity index (χ4n) is 1.67. The normalized spacial score (nSPS) is 9.82. The summed E-state index contributed by atoms with van der Waals surface area (Å²) in [6.45, 7) is 10.1. The smallest absolute Gasteiger partial charge is 0.335 e. The summed E-state index contributed by atoms with van der Waals surface area (Å²) in [5.74, 6) is -4.12. The summed E-state index contributed by atoms with van der Waals surface area (Å²) in [5.41, 5.74) is -1.10. The van der Waals surface area contributed by atoms with Gasteiger partial charge < -0.3 is 20.2 Å². The van der Waals surface area contributed by atoms with E-state index in [1.807, 2.05) is 0 Å². The molecule has 0 unspecified atom stereocenters. The number of carboxylic acid groups (broad SMARTS) is 3. The summed E-state index contributed by atoms with van der Waals surface area (Å²) in [4.78, 5) is 34.1. The molecule has 0 aromatic heterocycles. The molecular weight excluding hydrogens is 290 g/mol. The molecule has 0 saturated carbocycles. The first kappa shape index (κ1) is 19.6. The lowest BCUT2D eigenvalue weighted by Crippen LogP contribution is -2.21. The molecule has 0 saturated heterocycles. The molecule has 0 aliphatic carbocycles. The molecular formula is C15H21NO6. The van der Waals surface area contributed by atoms with E-state index in [0.717, 1.165) is 18.2 Å². The first-order valence-electron chi connectivity index (χ1n) is 6.84. The third kappa shape index (κ3) is 6.36. The maximum Gasteiger partial charge on any atom is 0.335 e. The second-order valence-corrected chi connectivity index (χ2v) is 4.33. The van der Waals surface area contributed by atoms with Crippen molar-refractivity contribution in [2.45, 2.75) is 20.8 Å². The molecule has 0 aliphatic heterocycles. The lowest BCUT2D eigenvalue weighted by atomic mass is 10.1. The molecule has 1 aromatic carbocycles. The van der Waals surface area contributed by atoms with Crippen LogP contribution in [0.2, 0.25) is 0 Å². The molecule has 0 bridgehead atoms. The van der Waals surface area contributed by atoms with Gasteiger partial charge >= 0.3 is 17.9 Å². The van der Waals surface area contributed by atoms with Crippen LogP contribution in [-0.2, 0) is 0 Å². The van der Waals surface area contributed by atoms with E-state index in [1.165, 1.54) is 19.6 Å². The fourth-order valence-corrected chi connectivity index (χ4v) is 1.67. The molecule has 122 valence electrons. The van der Waals surface area contributed by atoms with Gasteiger partial charge in [-0.2, -0.15) is 0 Å². The molecule has 7 heteroatoms. The summed E-state index contributed by atoms with van der Waals surface area (Å²) in [6.07, 6.45) is 0. The maximum atomic E-state index is 10.6. The van der Waals surface area contributed by atoms with E-state index >= 15 is 0 Å². The van der Waals surface area contributed by atoms with E-state index < -0.39 is 17.9 Å². The lowest BCUT2D eigenvalue weighted by Gasteiger charge is -2.13. The summed E-state index contributed by atoms with van der Waals surface area (Å²) >= 11 is 0. The number of benzene rings is 1. The van der Waals surface area contributed by atoms with Crippen LogP contribution in [0.25, 0.3) is 0 Å². The zero-order valence-electron chi connectivity index (χ0n) is 12.9. The largest absolute Gasteiger partial charge is 0.478 e. The van der Waals surface area contributed by atoms with Crippen LogP contribution < -0.4 is 0 Å². The van der Waals surface area contributed by atoms with Crippen molar-refractivity contribution in [3.8, 4) is 0 Å². The first-order chi connectivity index (χ1) is 10.3. The number of aromatic carboxylic acids is 3. The Labute approximate surface area is 128 Å². The quantitative estimate of drug-likeness (QED) is 0.737. The Bertz CT molecular complexity index is 452. The number of carbonyl (C=O) groups is 3. The van der Waals surface area contributed by atoms with E-state index in [2.05, 4.69) is 25.7 Å². The molecule has 0 heterocycles. The number of nitrogens with zero attached hydrogens (tertiary/aromatic N) is 1. The van der Waals surface area contributed by atoms with Crippen molar-refractivity contribution in [3.05, 3.63) is 34.9 Å². The van der Waals surface area contributed by atoms with Crippen molar-refractivity contribution in [1.29, 1.82) is 0 Å². The lowest BCUT2D eigenvalue weighted by molar-refractivity contribution is 0.0696. The number of hydrogen-bond acceptors (Lipinski definition) is 4. The summed E-state index contributed by atoms with van der Waals surface area (Å²) in [5, 5.41) is 25.8. The second kappa shape index (κ2) is 9.51. The molecule has 0 spiro atoms. The number of rotatable bonds is 6. The average molecular weight is 311 g/mol. The average Bonchev–Trinajstić information content (AvgIpc) is 2.49. The van der Waals surface area contributed by atoms with E-state index in [4.69, 9.17) is 15.3 Å². The summed E-state index contributed by atoms with van der Waals surface area (Å²) < 4.78 is 0. The van der Waals surface area contributed by atoms with Crippen molar-refractivity contribution in [1.82, 2.24) is 4.90 Å². The van der Waals surface area contributed by atoms with Crippen LogP contribution in [0.5, 0.6) is 0 Å². The Balaban J connectivity index is 0.000000534. The van der Waals surface area contributed by atoms with E-state index in [1.54, 1.807) is 0 Å². The highest BCUT2D eigenvalue weighted by molar-refractivity contribution is 5.98. The standard InChI is InChI=1S/C9H6O6.C6H15N/c10-7(11)4-1-5(8(12)13)3-6(2-4)9(14)15;1-4-7(5-2)6-3/h1-3H,(H,10,11)(H,12,13)(H,14,15);4-6H2,1-3H3. The molecule has 0 radical (unpaired) electrons. The van der Waals surface area contributed by atoms with Crippen LogP contribution in [0.15, 0.2) is 18.2 Å². The molecule has 22 heavy (non-hydrogen) atoms. The third-order valence-electron chi connectivity index (χ3n) is 3.02. The minimum Gasteiger partial charge on any atom is -0.478 e. The zero-order valence-corrected chi connectivity index (χ0v) is 12.9. The molecule has 1 rings (SSSR count). The molecule has 3 N–H and O–H groups in total. The van der Waals surface area contributed by atoms with Crippen molar-refractivity contribution >= 4 is 17.9 Å². The van der Waals surface area contributed by atoms with Crippen LogP contribution in [0.3, 0.4) is 0 Å². The van der Waals surface area contributed by atoms with Crippen LogP contribution >= 0.6 is 0 Å². The summed E-state index contributed by atoms with van der Waals surface area (Å²) in [7, 11) is 0. The Morgan fingerprint density at radius 1 is 0.727 bits per heavy atom. The maximum absolute atomic E-state index is 10.6. The highest BCUT2D eigenvalue weighted by Gasteiger charge is 2.14. The van der Waals surface area contributed by atoms with E-state index in [0.29, 0.717) is 0 Å². The van der Waals surface area contributed by atoms with E-state index in [-0.39, 0.29) is 16.7 Å². The zero-order chi connectivity index (χ0) is 17.3. The molecule has 0 amide bonds. The van der Waals surface area contributed by atoms with Gasteiger partial charge in [0.1, 0.15) is 0 Å². The van der Waals surface area contributed by atoms with Crippen LogP contribution in [-0.4, -0.2) is 57.8 Å². The monoisotopic (exact) mass is 311 g/mol. The molecule has 7 nitrogen and oxygen atoms in total. The van der Waals surface area contributed by atoms with Crippen molar-refractivity contribution < 1.29 is 29.7 Å². The fraction of sp³-hybridized carbons (Fsp3) is 0.400. The third-order valence-corrected chi connectivity index (χ3v) is 3.02. The van der Waals surface area contributed by atoms with Gasteiger partial charge in [-0.05, 0) is 37.8 Å². The van der Waals surface area contributed by atoms with Gasteiger partial charge in [0.05, 0.1) is 16.7 Å². The van der Waals surface area contributed by atoms with Gasteiger partial charge in [-0.15, -0.1) is 0 Å².